The van der Waals surface area contributed by atoms with Gasteiger partial charge in [0, 0.05) is 34.6 Å². The largest absolute Gasteiger partial charge is 0.494 e. The van der Waals surface area contributed by atoms with Gasteiger partial charge in [-0.15, -0.1) is 0 Å². The first-order chi connectivity index (χ1) is 23.6. The van der Waals surface area contributed by atoms with Gasteiger partial charge in [0.1, 0.15) is 11.5 Å². The summed E-state index contributed by atoms with van der Waals surface area (Å²) in [5, 5.41) is 0. The Balaban J connectivity index is 1.28. The molecule has 4 heteroatoms. The Kier molecular flexibility index (Phi) is 15.6. The van der Waals surface area contributed by atoms with Crippen LogP contribution in [-0.2, 0) is 0 Å². The average molecular weight is 641 g/mol. The molecule has 0 radical (unpaired) electrons. The monoisotopic (exact) mass is 640 g/mol. The van der Waals surface area contributed by atoms with Crippen molar-refractivity contribution >= 4 is 0 Å². The maximum absolute atomic E-state index is 5.90. The second kappa shape index (κ2) is 20.6. The van der Waals surface area contributed by atoms with Gasteiger partial charge in [0.2, 0.25) is 0 Å². The van der Waals surface area contributed by atoms with Gasteiger partial charge in [0.25, 0.3) is 0 Å². The number of pyridine rings is 2. The van der Waals surface area contributed by atoms with Gasteiger partial charge in [-0.1, -0.05) is 102 Å². The Morgan fingerprint density at radius 1 is 0.458 bits per heavy atom. The first kappa shape index (κ1) is 36.3. The first-order valence-corrected chi connectivity index (χ1v) is 18.0. The molecule has 4 aromatic rings. The van der Waals surface area contributed by atoms with Crippen LogP contribution >= 0.6 is 0 Å². The first-order valence-electron chi connectivity index (χ1n) is 18.0. The minimum absolute atomic E-state index is 0.767. The van der Waals surface area contributed by atoms with E-state index in [0.29, 0.717) is 0 Å². The van der Waals surface area contributed by atoms with Crippen LogP contribution in [0.2, 0.25) is 0 Å². The van der Waals surface area contributed by atoms with E-state index in [4.69, 9.17) is 19.4 Å². The zero-order valence-corrected chi connectivity index (χ0v) is 29.5. The summed E-state index contributed by atoms with van der Waals surface area (Å²) in [5.41, 5.74) is 7.44. The highest BCUT2D eigenvalue weighted by atomic mass is 16.5. The van der Waals surface area contributed by atoms with E-state index in [0.717, 1.165) is 82.3 Å². The maximum atomic E-state index is 5.90. The van der Waals surface area contributed by atoms with Gasteiger partial charge in [-0.2, -0.15) is 0 Å². The predicted molar refractivity (Wildman–Crippen MR) is 200 cm³/mol. The topological polar surface area (TPSA) is 44.2 Å². The van der Waals surface area contributed by atoms with Gasteiger partial charge in [-0.05, 0) is 98.5 Å². The normalized spacial score (nSPS) is 10.5. The molecule has 250 valence electrons. The van der Waals surface area contributed by atoms with Gasteiger partial charge in [-0.25, -0.2) is 0 Å². The van der Waals surface area contributed by atoms with Gasteiger partial charge < -0.3 is 9.47 Å². The summed E-state index contributed by atoms with van der Waals surface area (Å²) in [6, 6.07) is 20.2. The van der Waals surface area contributed by atoms with Crippen molar-refractivity contribution in [1.29, 1.82) is 0 Å². The molecule has 0 atom stereocenters. The van der Waals surface area contributed by atoms with E-state index in [1.807, 2.05) is 60.9 Å². The molecule has 0 aliphatic rings. The summed E-state index contributed by atoms with van der Waals surface area (Å²) < 4.78 is 11.8. The predicted octanol–water partition coefficient (Wildman–Crippen LogP) is 11.0. The van der Waals surface area contributed by atoms with E-state index in [1.165, 1.54) is 64.2 Å². The lowest BCUT2D eigenvalue weighted by atomic mass is 10.0. The van der Waals surface area contributed by atoms with Crippen LogP contribution in [-0.4, -0.2) is 23.2 Å². The molecule has 2 aromatic heterocycles. The molecule has 2 aromatic carbocycles. The SMILES string of the molecule is CCCCCCCCOc1ccc(C#Cc2cnc(-c3ncc(C#Cc4ccc(OCCCCCCCC)cc4)cc3C)c(C)c2)cc1. The molecule has 0 aliphatic carbocycles. The second-order valence-corrected chi connectivity index (χ2v) is 12.6. The standard InChI is InChI=1S/C44H52N2O2/c1-5-7-9-11-13-15-29-47-41-25-21-37(22-26-41)17-19-39-31-35(3)43(45-33-39)44-36(4)32-40(34-46-44)20-18-38-23-27-42(28-24-38)48-30-16-14-12-10-8-6-2/h21-28,31-34H,5-16,29-30H2,1-4H3. The summed E-state index contributed by atoms with van der Waals surface area (Å²) in [6.07, 6.45) is 18.8. The fourth-order valence-corrected chi connectivity index (χ4v) is 5.48. The Bertz CT molecular complexity index is 1540. The summed E-state index contributed by atoms with van der Waals surface area (Å²) in [5.74, 6) is 14.8. The van der Waals surface area contributed by atoms with Crippen molar-refractivity contribution in [2.75, 3.05) is 13.2 Å². The molecule has 0 saturated carbocycles. The molecular weight excluding hydrogens is 588 g/mol. The third-order valence-electron chi connectivity index (χ3n) is 8.33. The number of benzene rings is 2. The van der Waals surface area contributed by atoms with Gasteiger partial charge in [0.15, 0.2) is 0 Å². The number of hydrogen-bond donors (Lipinski definition) is 0. The van der Waals surface area contributed by atoms with Crippen LogP contribution in [0.1, 0.15) is 124 Å². The van der Waals surface area contributed by atoms with Gasteiger partial charge >= 0.3 is 0 Å². The maximum Gasteiger partial charge on any atom is 0.119 e. The van der Waals surface area contributed by atoms with Crippen molar-refractivity contribution in [2.24, 2.45) is 0 Å². The fraction of sp³-hybridized carbons (Fsp3) is 0.409. The number of hydrogen-bond acceptors (Lipinski definition) is 4. The third-order valence-corrected chi connectivity index (χ3v) is 8.33. The molecule has 0 fully saturated rings. The Morgan fingerprint density at radius 3 is 1.19 bits per heavy atom. The van der Waals surface area contributed by atoms with Crippen molar-refractivity contribution < 1.29 is 9.47 Å². The number of aromatic nitrogens is 2. The number of unbranched alkanes of at least 4 members (excludes halogenated alkanes) is 10. The molecule has 0 N–H and O–H groups in total. The molecule has 2 heterocycles. The zero-order valence-electron chi connectivity index (χ0n) is 29.5. The Hall–Kier alpha value is -4.54. The van der Waals surface area contributed by atoms with E-state index < -0.39 is 0 Å². The summed E-state index contributed by atoms with van der Waals surface area (Å²) in [7, 11) is 0. The third kappa shape index (κ3) is 12.6. The lowest BCUT2D eigenvalue weighted by Crippen LogP contribution is -1.97. The van der Waals surface area contributed by atoms with Crippen molar-refractivity contribution in [1.82, 2.24) is 9.97 Å². The van der Waals surface area contributed by atoms with Crippen molar-refractivity contribution in [3.8, 4) is 46.6 Å². The van der Waals surface area contributed by atoms with Crippen LogP contribution in [0.5, 0.6) is 11.5 Å². The van der Waals surface area contributed by atoms with Crippen LogP contribution in [0.15, 0.2) is 73.1 Å². The van der Waals surface area contributed by atoms with E-state index in [2.05, 4.69) is 63.5 Å². The minimum Gasteiger partial charge on any atom is -0.494 e. The molecule has 0 aliphatic heterocycles. The molecule has 0 unspecified atom stereocenters. The Morgan fingerprint density at radius 2 is 0.812 bits per heavy atom. The number of nitrogens with zero attached hydrogens (tertiary/aromatic N) is 2. The van der Waals surface area contributed by atoms with Crippen LogP contribution in [0, 0.1) is 37.5 Å². The smallest absolute Gasteiger partial charge is 0.119 e. The highest BCUT2D eigenvalue weighted by Crippen LogP contribution is 2.24. The van der Waals surface area contributed by atoms with Crippen molar-refractivity contribution in [3.05, 3.63) is 106 Å². The van der Waals surface area contributed by atoms with Gasteiger partial charge in [-0.3, -0.25) is 9.97 Å². The lowest BCUT2D eigenvalue weighted by molar-refractivity contribution is 0.304. The number of ether oxygens (including phenoxy) is 2. The summed E-state index contributed by atoms with van der Waals surface area (Å²) in [4.78, 5) is 9.49. The lowest BCUT2D eigenvalue weighted by Gasteiger charge is -2.08. The quantitative estimate of drug-likeness (QED) is 0.0851. The van der Waals surface area contributed by atoms with E-state index in [1.54, 1.807) is 0 Å². The number of rotatable bonds is 17. The second-order valence-electron chi connectivity index (χ2n) is 12.6. The number of aryl methyl sites for hydroxylation is 2. The minimum atomic E-state index is 0.767. The molecule has 0 saturated heterocycles. The van der Waals surface area contributed by atoms with E-state index in [9.17, 15) is 0 Å². The van der Waals surface area contributed by atoms with E-state index in [-0.39, 0.29) is 0 Å². The zero-order chi connectivity index (χ0) is 33.8. The molecule has 4 rings (SSSR count). The van der Waals surface area contributed by atoms with Crippen LogP contribution in [0.3, 0.4) is 0 Å². The van der Waals surface area contributed by atoms with Crippen molar-refractivity contribution in [3.63, 3.8) is 0 Å². The average Bonchev–Trinajstić information content (AvgIpc) is 3.10. The summed E-state index contributed by atoms with van der Waals surface area (Å²) >= 11 is 0. The van der Waals surface area contributed by atoms with E-state index >= 15 is 0 Å². The molecule has 0 spiro atoms. The Labute approximate surface area is 289 Å². The van der Waals surface area contributed by atoms with Gasteiger partial charge in [0.05, 0.1) is 24.6 Å². The molecule has 48 heavy (non-hydrogen) atoms. The molecule has 0 bridgehead atoms. The van der Waals surface area contributed by atoms with Crippen LogP contribution < -0.4 is 9.47 Å². The molecule has 0 amide bonds. The fourth-order valence-electron chi connectivity index (χ4n) is 5.48. The van der Waals surface area contributed by atoms with Crippen molar-refractivity contribution in [2.45, 2.75) is 105 Å². The summed E-state index contributed by atoms with van der Waals surface area (Å²) in [6.45, 7) is 10.1. The highest BCUT2D eigenvalue weighted by molar-refractivity contribution is 5.64. The molecular formula is C44H52N2O2. The van der Waals surface area contributed by atoms with Crippen LogP contribution in [0.4, 0.5) is 0 Å². The molecule has 4 nitrogen and oxygen atoms in total. The highest BCUT2D eigenvalue weighted by Gasteiger charge is 2.10. The van der Waals surface area contributed by atoms with Crippen LogP contribution in [0.25, 0.3) is 11.4 Å².